The van der Waals surface area contributed by atoms with E-state index in [1.54, 1.807) is 26.0 Å². The zero-order valence-electron chi connectivity index (χ0n) is 12.0. The number of esters is 1. The molecule has 1 N–H and O–H groups in total. The van der Waals surface area contributed by atoms with Crippen LogP contribution in [0.25, 0.3) is 0 Å². The maximum Gasteiger partial charge on any atom is 0.325 e. The van der Waals surface area contributed by atoms with Gasteiger partial charge in [0.25, 0.3) is 5.91 Å². The number of rotatable bonds is 6. The smallest absolute Gasteiger partial charge is 0.325 e. The van der Waals surface area contributed by atoms with Crippen LogP contribution in [0.4, 0.5) is 4.79 Å². The average Bonchev–Trinajstić information content (AvgIpc) is 3.03. The summed E-state index contributed by atoms with van der Waals surface area (Å²) in [5.74, 6) is -0.335. The molecule has 7 heteroatoms. The number of furan rings is 1. The van der Waals surface area contributed by atoms with Crippen molar-refractivity contribution in [1.82, 2.24) is 10.2 Å². The number of nitrogens with one attached hydrogen (secondary N) is 1. The molecule has 7 nitrogen and oxygen atoms in total. The molecule has 21 heavy (non-hydrogen) atoms. The molecule has 0 aromatic carbocycles. The van der Waals surface area contributed by atoms with Crippen LogP contribution in [0.2, 0.25) is 0 Å². The molecule has 1 aromatic rings. The van der Waals surface area contributed by atoms with Crippen LogP contribution >= 0.6 is 0 Å². The Kier molecular flexibility index (Phi) is 4.30. The molecule has 3 amide bonds. The van der Waals surface area contributed by atoms with Gasteiger partial charge in [0.15, 0.2) is 5.54 Å². The minimum atomic E-state index is -1.19. The lowest BCUT2D eigenvalue weighted by atomic mass is 9.99. The first-order chi connectivity index (χ1) is 9.99. The van der Waals surface area contributed by atoms with Gasteiger partial charge in [0.05, 0.1) is 12.9 Å². The summed E-state index contributed by atoms with van der Waals surface area (Å²) in [5, 5.41) is 2.62. The van der Waals surface area contributed by atoms with Gasteiger partial charge < -0.3 is 14.5 Å². The van der Waals surface area contributed by atoms with E-state index in [1.165, 1.54) is 6.26 Å². The number of hydrogen-bond donors (Lipinski definition) is 1. The fourth-order valence-electron chi connectivity index (χ4n) is 2.24. The number of ether oxygens (including phenoxy) is 1. The molecular formula is C14H18N2O5. The maximum atomic E-state index is 12.4. The first-order valence-electron chi connectivity index (χ1n) is 6.82. The Morgan fingerprint density at radius 3 is 2.86 bits per heavy atom. The second-order valence-corrected chi connectivity index (χ2v) is 4.90. The number of urea groups is 1. The molecule has 0 radical (unpaired) electrons. The van der Waals surface area contributed by atoms with Crippen molar-refractivity contribution in [3.05, 3.63) is 24.2 Å². The molecule has 2 rings (SSSR count). The van der Waals surface area contributed by atoms with E-state index in [1.807, 2.05) is 0 Å². The Balaban J connectivity index is 1.98. The van der Waals surface area contributed by atoms with Gasteiger partial charge in [0, 0.05) is 13.0 Å². The molecule has 1 aromatic heterocycles. The maximum absolute atomic E-state index is 12.4. The molecule has 0 aliphatic carbocycles. The summed E-state index contributed by atoms with van der Waals surface area (Å²) >= 11 is 0. The SMILES string of the molecule is CCOC(=O)CCCN1C(=O)NC(C)(c2ccco2)C1=O. The molecule has 1 atom stereocenters. The fraction of sp³-hybridized carbons (Fsp3) is 0.500. The van der Waals surface area contributed by atoms with Crippen molar-refractivity contribution >= 4 is 17.9 Å². The van der Waals surface area contributed by atoms with Crippen LogP contribution in [0.3, 0.4) is 0 Å². The third-order valence-electron chi connectivity index (χ3n) is 3.36. The van der Waals surface area contributed by atoms with Crippen molar-refractivity contribution in [2.75, 3.05) is 13.2 Å². The number of imide groups is 1. The monoisotopic (exact) mass is 294 g/mol. The Labute approximate surface area is 122 Å². The highest BCUT2D eigenvalue weighted by Gasteiger charge is 2.50. The van der Waals surface area contributed by atoms with E-state index in [0.29, 0.717) is 18.8 Å². The Morgan fingerprint density at radius 1 is 1.48 bits per heavy atom. The molecule has 1 aliphatic rings. The Hall–Kier alpha value is -2.31. The number of nitrogens with zero attached hydrogens (tertiary/aromatic N) is 1. The molecule has 1 saturated heterocycles. The number of amides is 3. The van der Waals surface area contributed by atoms with Gasteiger partial charge >= 0.3 is 12.0 Å². The van der Waals surface area contributed by atoms with Gasteiger partial charge in [-0.05, 0) is 32.4 Å². The van der Waals surface area contributed by atoms with Crippen LogP contribution in [-0.4, -0.2) is 36.0 Å². The molecule has 114 valence electrons. The van der Waals surface area contributed by atoms with E-state index >= 15 is 0 Å². The molecule has 0 saturated carbocycles. The fourth-order valence-corrected chi connectivity index (χ4v) is 2.24. The second-order valence-electron chi connectivity index (χ2n) is 4.90. The minimum absolute atomic E-state index is 0.166. The van der Waals surface area contributed by atoms with Gasteiger partial charge in [-0.15, -0.1) is 0 Å². The summed E-state index contributed by atoms with van der Waals surface area (Å²) in [4.78, 5) is 36.7. The van der Waals surface area contributed by atoms with Gasteiger partial charge in [0.1, 0.15) is 5.76 Å². The summed E-state index contributed by atoms with van der Waals surface area (Å²) in [6, 6.07) is 2.81. The highest BCUT2D eigenvalue weighted by Crippen LogP contribution is 2.29. The molecule has 1 unspecified atom stereocenters. The largest absolute Gasteiger partial charge is 0.466 e. The Morgan fingerprint density at radius 2 is 2.24 bits per heavy atom. The first kappa shape index (κ1) is 15.1. The number of carbonyl (C=O) groups is 3. The third kappa shape index (κ3) is 2.91. The van der Waals surface area contributed by atoms with Crippen molar-refractivity contribution in [1.29, 1.82) is 0 Å². The molecule has 0 spiro atoms. The minimum Gasteiger partial charge on any atom is -0.466 e. The van der Waals surface area contributed by atoms with Gasteiger partial charge in [-0.1, -0.05) is 0 Å². The van der Waals surface area contributed by atoms with E-state index in [9.17, 15) is 14.4 Å². The summed E-state index contributed by atoms with van der Waals surface area (Å²) < 4.78 is 10.0. The van der Waals surface area contributed by atoms with Crippen molar-refractivity contribution in [3.63, 3.8) is 0 Å². The van der Waals surface area contributed by atoms with Gasteiger partial charge in [-0.3, -0.25) is 14.5 Å². The van der Waals surface area contributed by atoms with Crippen molar-refractivity contribution < 1.29 is 23.5 Å². The van der Waals surface area contributed by atoms with Gasteiger partial charge in [0.2, 0.25) is 0 Å². The molecule has 0 bridgehead atoms. The summed E-state index contributed by atoms with van der Waals surface area (Å²) in [7, 11) is 0. The van der Waals surface area contributed by atoms with Crippen molar-refractivity contribution in [2.45, 2.75) is 32.2 Å². The Bertz CT molecular complexity index is 540. The summed E-state index contributed by atoms with van der Waals surface area (Å²) in [6.45, 7) is 3.81. The molecular weight excluding hydrogens is 276 g/mol. The first-order valence-corrected chi connectivity index (χ1v) is 6.82. The summed E-state index contributed by atoms with van der Waals surface area (Å²) in [6.07, 6.45) is 1.98. The van der Waals surface area contributed by atoms with Crippen molar-refractivity contribution in [2.24, 2.45) is 0 Å². The van der Waals surface area contributed by atoms with E-state index in [4.69, 9.17) is 9.15 Å². The topological polar surface area (TPSA) is 88.8 Å². The summed E-state index contributed by atoms with van der Waals surface area (Å²) in [5.41, 5.74) is -1.19. The van der Waals surface area contributed by atoms with E-state index in [-0.39, 0.29) is 24.8 Å². The highest BCUT2D eigenvalue weighted by atomic mass is 16.5. The van der Waals surface area contributed by atoms with E-state index in [2.05, 4.69) is 5.32 Å². The predicted octanol–water partition coefficient (Wildman–Crippen LogP) is 1.39. The number of hydrogen-bond acceptors (Lipinski definition) is 5. The van der Waals surface area contributed by atoms with Gasteiger partial charge in [-0.2, -0.15) is 0 Å². The lowest BCUT2D eigenvalue weighted by Crippen LogP contribution is -2.40. The predicted molar refractivity (Wildman–Crippen MR) is 72.2 cm³/mol. The van der Waals surface area contributed by atoms with E-state index in [0.717, 1.165) is 4.90 Å². The van der Waals surface area contributed by atoms with Crippen LogP contribution in [0.1, 0.15) is 32.4 Å². The molecule has 1 aliphatic heterocycles. The van der Waals surface area contributed by atoms with Crippen LogP contribution in [0.5, 0.6) is 0 Å². The van der Waals surface area contributed by atoms with Crippen LogP contribution in [0, 0.1) is 0 Å². The zero-order chi connectivity index (χ0) is 15.5. The zero-order valence-corrected chi connectivity index (χ0v) is 12.0. The van der Waals surface area contributed by atoms with E-state index < -0.39 is 11.6 Å². The average molecular weight is 294 g/mol. The van der Waals surface area contributed by atoms with Gasteiger partial charge in [-0.25, -0.2) is 4.79 Å². The van der Waals surface area contributed by atoms with Crippen LogP contribution < -0.4 is 5.32 Å². The lowest BCUT2D eigenvalue weighted by Gasteiger charge is -2.18. The van der Waals surface area contributed by atoms with Crippen molar-refractivity contribution in [3.8, 4) is 0 Å². The number of carbonyl (C=O) groups excluding carboxylic acids is 3. The molecule has 2 heterocycles. The van der Waals surface area contributed by atoms with Crippen LogP contribution in [-0.2, 0) is 19.9 Å². The standard InChI is InChI=1S/C14H18N2O5/c1-3-20-11(17)7-4-8-16-12(18)14(2,15-13(16)19)10-6-5-9-21-10/h5-6,9H,3-4,7-8H2,1-2H3,(H,15,19). The third-order valence-corrected chi connectivity index (χ3v) is 3.36. The van der Waals surface area contributed by atoms with Crippen LogP contribution in [0.15, 0.2) is 22.8 Å². The molecule has 1 fully saturated rings. The quantitative estimate of drug-likeness (QED) is 0.632. The lowest BCUT2D eigenvalue weighted by molar-refractivity contribution is -0.143. The highest BCUT2D eigenvalue weighted by molar-refractivity contribution is 6.06. The normalized spacial score (nSPS) is 21.5. The second kappa shape index (κ2) is 5.99.